The molecule has 0 fully saturated rings. The molecule has 0 bridgehead atoms. The van der Waals surface area contributed by atoms with Gasteiger partial charge in [-0.15, -0.1) is 0 Å². The van der Waals surface area contributed by atoms with Gasteiger partial charge >= 0.3 is 11.9 Å². The van der Waals surface area contributed by atoms with Gasteiger partial charge in [0, 0.05) is 0 Å². The number of carboxylic acids is 2. The standard InChI is InChI=1S/C21H32O4/c1-12(2)9-18(20(22)23)16-8-7-15(14(5)6)11-17(16)19(21(24)25)10-13(3)4/h7-8,11-14,18-19H,9-10H2,1-6H3,(H,22,23)(H,24,25). The molecule has 0 aliphatic heterocycles. The minimum Gasteiger partial charge on any atom is -0.481 e. The normalized spacial score (nSPS) is 14.1. The van der Waals surface area contributed by atoms with Crippen molar-refractivity contribution in [1.82, 2.24) is 0 Å². The van der Waals surface area contributed by atoms with Gasteiger partial charge in [-0.1, -0.05) is 59.7 Å². The molecule has 0 radical (unpaired) electrons. The highest BCUT2D eigenvalue weighted by Gasteiger charge is 2.30. The fourth-order valence-corrected chi connectivity index (χ4v) is 3.24. The van der Waals surface area contributed by atoms with Gasteiger partial charge in [0.15, 0.2) is 0 Å². The molecular weight excluding hydrogens is 316 g/mol. The number of hydrogen-bond donors (Lipinski definition) is 2. The molecule has 1 aromatic rings. The average Bonchev–Trinajstić information content (AvgIpc) is 2.49. The van der Waals surface area contributed by atoms with Gasteiger partial charge < -0.3 is 10.2 Å². The Kier molecular flexibility index (Phi) is 7.65. The molecule has 2 unspecified atom stereocenters. The minimum absolute atomic E-state index is 0.213. The van der Waals surface area contributed by atoms with Crippen molar-refractivity contribution in [3.8, 4) is 0 Å². The van der Waals surface area contributed by atoms with Gasteiger partial charge in [-0.05, 0) is 47.3 Å². The number of benzene rings is 1. The van der Waals surface area contributed by atoms with Crippen LogP contribution in [0.3, 0.4) is 0 Å². The van der Waals surface area contributed by atoms with Crippen LogP contribution in [0.4, 0.5) is 0 Å². The summed E-state index contributed by atoms with van der Waals surface area (Å²) in [6, 6.07) is 5.69. The summed E-state index contributed by atoms with van der Waals surface area (Å²) in [7, 11) is 0. The van der Waals surface area contributed by atoms with Crippen LogP contribution < -0.4 is 0 Å². The van der Waals surface area contributed by atoms with Crippen LogP contribution in [0.15, 0.2) is 18.2 Å². The first-order chi connectivity index (χ1) is 11.5. The van der Waals surface area contributed by atoms with E-state index < -0.39 is 23.8 Å². The zero-order valence-corrected chi connectivity index (χ0v) is 16.2. The summed E-state index contributed by atoms with van der Waals surface area (Å²) in [5.74, 6) is -2.44. The number of carbonyl (C=O) groups is 2. The molecule has 0 saturated heterocycles. The number of aliphatic carboxylic acids is 2. The Morgan fingerprint density at radius 2 is 1.24 bits per heavy atom. The fraction of sp³-hybridized carbons (Fsp3) is 0.619. The fourth-order valence-electron chi connectivity index (χ4n) is 3.24. The molecule has 1 aromatic carbocycles. The highest BCUT2D eigenvalue weighted by Crippen LogP contribution is 2.36. The van der Waals surface area contributed by atoms with E-state index in [1.54, 1.807) is 0 Å². The van der Waals surface area contributed by atoms with Crippen molar-refractivity contribution >= 4 is 11.9 Å². The first-order valence-electron chi connectivity index (χ1n) is 9.13. The van der Waals surface area contributed by atoms with E-state index in [0.29, 0.717) is 24.0 Å². The lowest BCUT2D eigenvalue weighted by Crippen LogP contribution is -2.21. The van der Waals surface area contributed by atoms with Crippen molar-refractivity contribution in [3.05, 3.63) is 34.9 Å². The first kappa shape index (κ1) is 21.2. The van der Waals surface area contributed by atoms with Crippen molar-refractivity contribution < 1.29 is 19.8 Å². The third-order valence-electron chi connectivity index (χ3n) is 4.54. The van der Waals surface area contributed by atoms with Crippen LogP contribution in [-0.4, -0.2) is 22.2 Å². The van der Waals surface area contributed by atoms with E-state index in [2.05, 4.69) is 13.8 Å². The maximum Gasteiger partial charge on any atom is 0.310 e. The summed E-state index contributed by atoms with van der Waals surface area (Å²) in [5.41, 5.74) is 2.36. The van der Waals surface area contributed by atoms with E-state index in [1.807, 2.05) is 45.9 Å². The van der Waals surface area contributed by atoms with Gasteiger partial charge in [0.25, 0.3) is 0 Å². The monoisotopic (exact) mass is 348 g/mol. The molecule has 0 amide bonds. The topological polar surface area (TPSA) is 74.6 Å². The van der Waals surface area contributed by atoms with Crippen molar-refractivity contribution in [2.45, 2.75) is 72.1 Å². The summed E-state index contributed by atoms with van der Waals surface area (Å²) < 4.78 is 0. The van der Waals surface area contributed by atoms with Gasteiger partial charge in [0.05, 0.1) is 11.8 Å². The Morgan fingerprint density at radius 3 is 1.60 bits per heavy atom. The molecule has 25 heavy (non-hydrogen) atoms. The van der Waals surface area contributed by atoms with E-state index >= 15 is 0 Å². The smallest absolute Gasteiger partial charge is 0.310 e. The Hall–Kier alpha value is -1.84. The maximum atomic E-state index is 11.9. The van der Waals surface area contributed by atoms with Crippen molar-refractivity contribution in [2.24, 2.45) is 11.8 Å². The Balaban J connectivity index is 3.54. The number of carboxylic acid groups (broad SMARTS) is 2. The highest BCUT2D eigenvalue weighted by atomic mass is 16.4. The molecular formula is C21H32O4. The van der Waals surface area contributed by atoms with Crippen LogP contribution in [0.25, 0.3) is 0 Å². The predicted molar refractivity (Wildman–Crippen MR) is 100 cm³/mol. The number of rotatable bonds is 9. The SMILES string of the molecule is CC(C)CC(C(=O)O)c1ccc(C(C)C)cc1C(CC(C)C)C(=O)O. The largest absolute Gasteiger partial charge is 0.481 e. The van der Waals surface area contributed by atoms with Gasteiger partial charge in [0.1, 0.15) is 0 Å². The summed E-state index contributed by atoms with van der Waals surface area (Å²) in [6.07, 6.45) is 0.995. The van der Waals surface area contributed by atoms with Gasteiger partial charge in [0.2, 0.25) is 0 Å². The van der Waals surface area contributed by atoms with Crippen LogP contribution in [0.5, 0.6) is 0 Å². The van der Waals surface area contributed by atoms with Crippen molar-refractivity contribution in [3.63, 3.8) is 0 Å². The molecule has 0 heterocycles. The Bertz CT molecular complexity index is 602. The minimum atomic E-state index is -0.888. The Labute approximate surface area is 151 Å². The third kappa shape index (κ3) is 5.87. The first-order valence-corrected chi connectivity index (χ1v) is 9.13. The van der Waals surface area contributed by atoms with E-state index in [9.17, 15) is 19.8 Å². The average molecular weight is 348 g/mol. The summed E-state index contributed by atoms with van der Waals surface area (Å²) >= 11 is 0. The van der Waals surface area contributed by atoms with Gasteiger partial charge in [-0.25, -0.2) is 0 Å². The van der Waals surface area contributed by atoms with E-state index in [0.717, 1.165) is 5.56 Å². The van der Waals surface area contributed by atoms with Crippen molar-refractivity contribution in [2.75, 3.05) is 0 Å². The molecule has 0 aliphatic rings. The highest BCUT2D eigenvalue weighted by molar-refractivity contribution is 5.81. The molecule has 0 saturated carbocycles. The second-order valence-electron chi connectivity index (χ2n) is 8.08. The molecule has 0 aliphatic carbocycles. The van der Waals surface area contributed by atoms with E-state index in [1.165, 1.54) is 0 Å². The van der Waals surface area contributed by atoms with E-state index in [-0.39, 0.29) is 17.8 Å². The van der Waals surface area contributed by atoms with Crippen LogP contribution >= 0.6 is 0 Å². The van der Waals surface area contributed by atoms with Gasteiger partial charge in [-0.3, -0.25) is 9.59 Å². The second kappa shape index (κ2) is 9.02. The molecule has 4 heteroatoms. The second-order valence-corrected chi connectivity index (χ2v) is 8.08. The lowest BCUT2D eigenvalue weighted by atomic mass is 9.79. The van der Waals surface area contributed by atoms with E-state index in [4.69, 9.17) is 0 Å². The van der Waals surface area contributed by atoms with Gasteiger partial charge in [-0.2, -0.15) is 0 Å². The zero-order chi connectivity index (χ0) is 19.3. The van der Waals surface area contributed by atoms with Crippen LogP contribution in [0.1, 0.15) is 88.8 Å². The molecule has 4 nitrogen and oxygen atoms in total. The van der Waals surface area contributed by atoms with Crippen LogP contribution in [-0.2, 0) is 9.59 Å². The molecule has 1 rings (SSSR count). The quantitative estimate of drug-likeness (QED) is 0.640. The van der Waals surface area contributed by atoms with Crippen molar-refractivity contribution in [1.29, 1.82) is 0 Å². The summed E-state index contributed by atoms with van der Waals surface area (Å²) in [5, 5.41) is 19.5. The molecule has 0 spiro atoms. The molecule has 2 N–H and O–H groups in total. The lowest BCUT2D eigenvalue weighted by Gasteiger charge is -2.24. The third-order valence-corrected chi connectivity index (χ3v) is 4.54. The molecule has 140 valence electrons. The lowest BCUT2D eigenvalue weighted by molar-refractivity contribution is -0.140. The molecule has 2 atom stereocenters. The maximum absolute atomic E-state index is 11.9. The van der Waals surface area contributed by atoms with Crippen LogP contribution in [0, 0.1) is 11.8 Å². The zero-order valence-electron chi connectivity index (χ0n) is 16.2. The Morgan fingerprint density at radius 1 is 0.800 bits per heavy atom. The summed E-state index contributed by atoms with van der Waals surface area (Å²) in [4.78, 5) is 23.8. The number of hydrogen-bond acceptors (Lipinski definition) is 2. The van der Waals surface area contributed by atoms with Crippen LogP contribution in [0.2, 0.25) is 0 Å². The predicted octanol–water partition coefficient (Wildman–Crippen LogP) is 5.24. The summed E-state index contributed by atoms with van der Waals surface area (Å²) in [6.45, 7) is 12.1. The molecule has 0 aromatic heterocycles.